The van der Waals surface area contributed by atoms with Crippen LogP contribution in [0.15, 0.2) is 54.6 Å². The van der Waals surface area contributed by atoms with Crippen molar-refractivity contribution in [3.05, 3.63) is 71.3 Å². The Bertz CT molecular complexity index is 1150. The van der Waals surface area contributed by atoms with Gasteiger partial charge in [-0.15, -0.1) is 0 Å². The number of ether oxygens (including phenoxy) is 2. The number of methoxy groups -OCH3 is 1. The largest absolute Gasteiger partial charge is 0.496 e. The number of carbonyl (C=O) groups excluding carboxylic acids is 3. The van der Waals surface area contributed by atoms with E-state index in [1.54, 1.807) is 49.4 Å². The van der Waals surface area contributed by atoms with Gasteiger partial charge in [-0.2, -0.15) is 0 Å². The number of hydrogen-bond acceptors (Lipinski definition) is 5. The monoisotopic (exact) mass is 389 g/mol. The van der Waals surface area contributed by atoms with Crippen LogP contribution < -0.4 is 9.64 Å². The zero-order valence-corrected chi connectivity index (χ0v) is 16.1. The molecule has 1 amide bonds. The highest BCUT2D eigenvalue weighted by atomic mass is 16.5. The van der Waals surface area contributed by atoms with Crippen LogP contribution >= 0.6 is 0 Å². The van der Waals surface area contributed by atoms with Crippen molar-refractivity contribution in [2.24, 2.45) is 0 Å². The number of rotatable bonds is 5. The number of esters is 1. The molecule has 1 heterocycles. The van der Waals surface area contributed by atoms with Crippen LogP contribution in [-0.2, 0) is 16.0 Å². The van der Waals surface area contributed by atoms with Crippen LogP contribution in [0.2, 0.25) is 0 Å². The van der Waals surface area contributed by atoms with Gasteiger partial charge in [0.05, 0.1) is 19.1 Å². The molecule has 0 saturated heterocycles. The lowest BCUT2D eigenvalue weighted by Gasteiger charge is -2.11. The van der Waals surface area contributed by atoms with E-state index in [0.717, 1.165) is 16.6 Å². The Labute approximate surface area is 167 Å². The predicted molar refractivity (Wildman–Crippen MR) is 109 cm³/mol. The highest BCUT2D eigenvalue weighted by Crippen LogP contribution is 2.30. The molecule has 0 saturated carbocycles. The standard InChI is InChI=1S/C23H19NO5/c1-24-19-9-7-14(11-15(19)12-22(24)26)20(25)13-29-23(27)18-8-10-21(28-2)17-6-4-3-5-16(17)18/h3-11H,12-13H2,1-2H3. The third-order valence-electron chi connectivity index (χ3n) is 5.14. The summed E-state index contributed by atoms with van der Waals surface area (Å²) in [5.41, 5.74) is 2.39. The lowest BCUT2D eigenvalue weighted by atomic mass is 10.0. The minimum atomic E-state index is -0.576. The van der Waals surface area contributed by atoms with E-state index in [4.69, 9.17) is 9.47 Å². The Morgan fingerprint density at radius 3 is 2.55 bits per heavy atom. The lowest BCUT2D eigenvalue weighted by molar-refractivity contribution is -0.117. The maximum Gasteiger partial charge on any atom is 0.339 e. The van der Waals surface area contributed by atoms with Crippen LogP contribution in [-0.4, -0.2) is 38.4 Å². The Morgan fingerprint density at radius 2 is 1.79 bits per heavy atom. The number of hydrogen-bond donors (Lipinski definition) is 0. The molecule has 0 N–H and O–H groups in total. The Balaban J connectivity index is 1.51. The van der Waals surface area contributed by atoms with Crippen LogP contribution in [0.3, 0.4) is 0 Å². The summed E-state index contributed by atoms with van der Waals surface area (Å²) >= 11 is 0. The van der Waals surface area contributed by atoms with Gasteiger partial charge in [0, 0.05) is 23.7 Å². The Kier molecular flexibility index (Phi) is 4.76. The molecule has 0 bridgehead atoms. The maximum atomic E-state index is 12.6. The van der Waals surface area contributed by atoms with E-state index >= 15 is 0 Å². The van der Waals surface area contributed by atoms with Crippen molar-refractivity contribution in [3.8, 4) is 5.75 Å². The van der Waals surface area contributed by atoms with Crippen molar-refractivity contribution in [1.29, 1.82) is 0 Å². The van der Waals surface area contributed by atoms with Crippen LogP contribution in [0, 0.1) is 0 Å². The molecular formula is C23H19NO5. The van der Waals surface area contributed by atoms with Crippen molar-refractivity contribution in [3.63, 3.8) is 0 Å². The van der Waals surface area contributed by atoms with Gasteiger partial charge in [0.25, 0.3) is 0 Å². The van der Waals surface area contributed by atoms with Crippen LogP contribution in [0.5, 0.6) is 5.75 Å². The van der Waals surface area contributed by atoms with E-state index in [-0.39, 0.29) is 24.7 Å². The van der Waals surface area contributed by atoms with E-state index in [2.05, 4.69) is 0 Å². The Morgan fingerprint density at radius 1 is 1.03 bits per heavy atom. The molecule has 0 atom stereocenters. The molecule has 0 aromatic heterocycles. The molecule has 4 rings (SSSR count). The molecule has 0 aliphatic carbocycles. The van der Waals surface area contributed by atoms with Gasteiger partial charge < -0.3 is 14.4 Å². The Hall–Kier alpha value is -3.67. The van der Waals surface area contributed by atoms with Crippen molar-refractivity contribution in [2.75, 3.05) is 25.7 Å². The first-order chi connectivity index (χ1) is 14.0. The minimum Gasteiger partial charge on any atom is -0.496 e. The fraction of sp³-hybridized carbons (Fsp3) is 0.174. The normalized spacial score (nSPS) is 12.8. The van der Waals surface area contributed by atoms with E-state index < -0.39 is 5.97 Å². The summed E-state index contributed by atoms with van der Waals surface area (Å²) in [6, 6.07) is 15.8. The third-order valence-corrected chi connectivity index (χ3v) is 5.14. The summed E-state index contributed by atoms with van der Waals surface area (Å²) < 4.78 is 10.6. The van der Waals surface area contributed by atoms with Crippen molar-refractivity contribution >= 4 is 34.1 Å². The molecule has 3 aromatic carbocycles. The van der Waals surface area contributed by atoms with Gasteiger partial charge in [0.1, 0.15) is 5.75 Å². The van der Waals surface area contributed by atoms with Gasteiger partial charge in [-0.3, -0.25) is 9.59 Å². The summed E-state index contributed by atoms with van der Waals surface area (Å²) in [4.78, 5) is 38.5. The van der Waals surface area contributed by atoms with E-state index in [9.17, 15) is 14.4 Å². The maximum absolute atomic E-state index is 12.6. The number of carbonyl (C=O) groups is 3. The molecule has 0 fully saturated rings. The number of anilines is 1. The summed E-state index contributed by atoms with van der Waals surface area (Å²) in [5.74, 6) is -0.248. The van der Waals surface area contributed by atoms with Gasteiger partial charge >= 0.3 is 5.97 Å². The van der Waals surface area contributed by atoms with Gasteiger partial charge in [-0.1, -0.05) is 24.3 Å². The van der Waals surface area contributed by atoms with E-state index in [1.165, 1.54) is 0 Å². The topological polar surface area (TPSA) is 72.9 Å². The number of benzene rings is 3. The molecule has 6 heteroatoms. The van der Waals surface area contributed by atoms with Crippen molar-refractivity contribution in [1.82, 2.24) is 0 Å². The summed E-state index contributed by atoms with van der Waals surface area (Å²) in [6.45, 7) is -0.373. The molecule has 3 aromatic rings. The number of nitrogens with zero attached hydrogens (tertiary/aromatic N) is 1. The first kappa shape index (κ1) is 18.7. The summed E-state index contributed by atoms with van der Waals surface area (Å²) in [6.07, 6.45) is 0.268. The fourth-order valence-electron chi connectivity index (χ4n) is 3.56. The predicted octanol–water partition coefficient (Wildman–Crippen LogP) is 3.41. The first-order valence-corrected chi connectivity index (χ1v) is 9.15. The van der Waals surface area contributed by atoms with Crippen LogP contribution in [0.25, 0.3) is 10.8 Å². The van der Waals surface area contributed by atoms with Gasteiger partial charge in [-0.05, 0) is 41.3 Å². The molecule has 29 heavy (non-hydrogen) atoms. The van der Waals surface area contributed by atoms with Gasteiger partial charge in [0.2, 0.25) is 5.91 Å². The number of ketones is 1. The van der Waals surface area contributed by atoms with Gasteiger partial charge in [-0.25, -0.2) is 4.79 Å². The van der Waals surface area contributed by atoms with Crippen molar-refractivity contribution < 1.29 is 23.9 Å². The molecule has 0 spiro atoms. The second kappa shape index (κ2) is 7.39. The van der Waals surface area contributed by atoms with E-state index in [1.807, 2.05) is 24.3 Å². The van der Waals surface area contributed by atoms with Crippen LogP contribution in [0.1, 0.15) is 26.3 Å². The fourth-order valence-corrected chi connectivity index (χ4v) is 3.56. The highest BCUT2D eigenvalue weighted by Gasteiger charge is 2.25. The molecule has 0 radical (unpaired) electrons. The number of Topliss-reactive ketones (excluding diaryl/α,β-unsaturated/α-hetero) is 1. The average Bonchev–Trinajstić information content (AvgIpc) is 3.03. The summed E-state index contributed by atoms with van der Waals surface area (Å²) in [7, 11) is 3.27. The smallest absolute Gasteiger partial charge is 0.339 e. The average molecular weight is 389 g/mol. The second-order valence-corrected chi connectivity index (χ2v) is 6.83. The van der Waals surface area contributed by atoms with Gasteiger partial charge in [0.15, 0.2) is 12.4 Å². The molecule has 6 nitrogen and oxygen atoms in total. The van der Waals surface area contributed by atoms with Crippen molar-refractivity contribution in [2.45, 2.75) is 6.42 Å². The first-order valence-electron chi connectivity index (χ1n) is 9.15. The molecule has 146 valence electrons. The zero-order valence-electron chi connectivity index (χ0n) is 16.1. The second-order valence-electron chi connectivity index (χ2n) is 6.83. The van der Waals surface area contributed by atoms with Crippen LogP contribution in [0.4, 0.5) is 5.69 Å². The highest BCUT2D eigenvalue weighted by molar-refractivity contribution is 6.08. The molecule has 0 unspecified atom stereocenters. The zero-order chi connectivity index (χ0) is 20.5. The SMILES string of the molecule is COc1ccc(C(=O)OCC(=O)c2ccc3c(c2)CC(=O)N3C)c2ccccc12. The lowest BCUT2D eigenvalue weighted by Crippen LogP contribution is -2.20. The number of amides is 1. The quantitative estimate of drug-likeness (QED) is 0.494. The number of fused-ring (bicyclic) bond motifs is 2. The third kappa shape index (κ3) is 3.33. The number of likely N-dealkylation sites (N-methyl/N-ethyl adjacent to an activating group) is 1. The molecule has 1 aliphatic heterocycles. The molecule has 1 aliphatic rings. The van der Waals surface area contributed by atoms with E-state index in [0.29, 0.717) is 22.3 Å². The minimum absolute atomic E-state index is 0.0117. The molecular weight excluding hydrogens is 370 g/mol. The summed E-state index contributed by atoms with van der Waals surface area (Å²) in [5, 5.41) is 1.49.